The number of likely N-dealkylation sites (tertiary alicyclic amines) is 1. The fourth-order valence-electron chi connectivity index (χ4n) is 4.30. The molecular weight excluding hydrogens is 490 g/mol. The Labute approximate surface area is 223 Å². The molecule has 0 saturated carbocycles. The first kappa shape index (κ1) is 30.3. The van der Waals surface area contributed by atoms with E-state index in [9.17, 15) is 24.3 Å². The fourth-order valence-corrected chi connectivity index (χ4v) is 4.30. The molecule has 1 fully saturated rings. The molecule has 0 radical (unpaired) electrons. The Balaban J connectivity index is 1.98. The van der Waals surface area contributed by atoms with Crippen molar-refractivity contribution in [1.82, 2.24) is 10.2 Å². The molecule has 10 heteroatoms. The number of hydrogen-bond acceptors (Lipinski definition) is 7. The molecule has 38 heavy (non-hydrogen) atoms. The number of ether oxygens (including phenoxy) is 2. The van der Waals surface area contributed by atoms with Gasteiger partial charge in [-0.2, -0.15) is 0 Å². The molecule has 10 nitrogen and oxygen atoms in total. The molecule has 3 atom stereocenters. The van der Waals surface area contributed by atoms with Crippen LogP contribution in [0.15, 0.2) is 59.1 Å². The van der Waals surface area contributed by atoms with Gasteiger partial charge in [-0.3, -0.25) is 14.6 Å². The first-order chi connectivity index (χ1) is 18.2. The lowest BCUT2D eigenvalue weighted by molar-refractivity contribution is -0.144. The van der Waals surface area contributed by atoms with Crippen molar-refractivity contribution >= 4 is 30.2 Å². The summed E-state index contributed by atoms with van der Waals surface area (Å²) < 4.78 is 10.4. The molecule has 0 spiro atoms. The highest BCUT2D eigenvalue weighted by Gasteiger charge is 2.39. The Kier molecular flexibility index (Phi) is 12.2. The largest absolute Gasteiger partial charge is 0.480 e. The molecule has 206 valence electrons. The average molecular weight is 528 g/mol. The van der Waals surface area contributed by atoms with Crippen LogP contribution < -0.4 is 5.32 Å². The molecule has 1 heterocycles. The number of carbonyl (C=O) groups is 4. The smallest absolute Gasteiger partial charge is 0.411 e. The van der Waals surface area contributed by atoms with Crippen molar-refractivity contribution < 1.29 is 33.8 Å². The van der Waals surface area contributed by atoms with Crippen LogP contribution in [0, 0.1) is 5.92 Å². The van der Waals surface area contributed by atoms with Gasteiger partial charge >= 0.3 is 18.0 Å². The van der Waals surface area contributed by atoms with Crippen molar-refractivity contribution in [3.63, 3.8) is 0 Å². The zero-order chi connectivity index (χ0) is 28.1. The molecule has 0 bridgehead atoms. The summed E-state index contributed by atoms with van der Waals surface area (Å²) in [5, 5.41) is 11.8. The van der Waals surface area contributed by atoms with E-state index in [1.807, 2.05) is 30.3 Å². The SMILES string of the molecule is C/C=C(\C=C/C=NCOC(=O)N1CCCCC1C(C(=O)OC)c1ccccc1)C(=O)NC(C(=O)O)C(C)C. The van der Waals surface area contributed by atoms with Crippen molar-refractivity contribution in [1.29, 1.82) is 0 Å². The summed E-state index contributed by atoms with van der Waals surface area (Å²) in [5.74, 6) is -2.92. The Morgan fingerprint density at radius 1 is 1.18 bits per heavy atom. The van der Waals surface area contributed by atoms with Gasteiger partial charge < -0.3 is 24.8 Å². The molecule has 0 aliphatic carbocycles. The summed E-state index contributed by atoms with van der Waals surface area (Å²) >= 11 is 0. The Morgan fingerprint density at radius 2 is 1.89 bits per heavy atom. The third-order valence-corrected chi connectivity index (χ3v) is 6.30. The first-order valence-corrected chi connectivity index (χ1v) is 12.6. The number of esters is 1. The third-order valence-electron chi connectivity index (χ3n) is 6.30. The molecule has 2 rings (SSSR count). The van der Waals surface area contributed by atoms with E-state index in [2.05, 4.69) is 10.3 Å². The van der Waals surface area contributed by atoms with E-state index in [1.54, 1.807) is 31.7 Å². The van der Waals surface area contributed by atoms with Crippen LogP contribution in [0.2, 0.25) is 0 Å². The minimum Gasteiger partial charge on any atom is -0.480 e. The molecule has 2 amide bonds. The van der Waals surface area contributed by atoms with Crippen LogP contribution in [0.1, 0.15) is 51.5 Å². The van der Waals surface area contributed by atoms with Gasteiger partial charge in [0.25, 0.3) is 5.91 Å². The number of methoxy groups -OCH3 is 1. The van der Waals surface area contributed by atoms with Crippen LogP contribution in [-0.2, 0) is 23.9 Å². The van der Waals surface area contributed by atoms with E-state index in [-0.39, 0.29) is 18.2 Å². The number of aliphatic carboxylic acids is 1. The Morgan fingerprint density at radius 3 is 2.50 bits per heavy atom. The minimum absolute atomic E-state index is 0.244. The summed E-state index contributed by atoms with van der Waals surface area (Å²) in [5.41, 5.74) is 1.05. The second-order valence-electron chi connectivity index (χ2n) is 9.18. The lowest BCUT2D eigenvalue weighted by Gasteiger charge is -2.38. The van der Waals surface area contributed by atoms with Gasteiger partial charge in [-0.1, -0.05) is 50.3 Å². The monoisotopic (exact) mass is 527 g/mol. The van der Waals surface area contributed by atoms with Crippen LogP contribution >= 0.6 is 0 Å². The van der Waals surface area contributed by atoms with Gasteiger partial charge in [-0.05, 0) is 49.8 Å². The normalized spacial score (nSPS) is 17.9. The Hall–Kier alpha value is -3.95. The predicted molar refractivity (Wildman–Crippen MR) is 143 cm³/mol. The number of benzene rings is 1. The molecule has 3 unspecified atom stereocenters. The second-order valence-corrected chi connectivity index (χ2v) is 9.18. The number of piperidine rings is 1. The van der Waals surface area contributed by atoms with Crippen molar-refractivity contribution in [2.45, 2.75) is 58.0 Å². The fraction of sp³-hybridized carbons (Fsp3) is 0.464. The maximum atomic E-state index is 12.9. The summed E-state index contributed by atoms with van der Waals surface area (Å²) in [6, 6.07) is 7.85. The van der Waals surface area contributed by atoms with E-state index in [0.29, 0.717) is 13.0 Å². The summed E-state index contributed by atoms with van der Waals surface area (Å²) in [6.07, 6.45) is 7.68. The molecule has 1 aromatic rings. The minimum atomic E-state index is -1.10. The van der Waals surface area contributed by atoms with Gasteiger partial charge in [0.05, 0.1) is 13.2 Å². The zero-order valence-electron chi connectivity index (χ0n) is 22.3. The van der Waals surface area contributed by atoms with E-state index >= 15 is 0 Å². The highest BCUT2D eigenvalue weighted by molar-refractivity contribution is 5.99. The summed E-state index contributed by atoms with van der Waals surface area (Å²) in [6.45, 7) is 5.30. The number of aliphatic imine (C=N–C) groups is 1. The van der Waals surface area contributed by atoms with Gasteiger partial charge in [-0.25, -0.2) is 9.59 Å². The van der Waals surface area contributed by atoms with Gasteiger partial charge in [0, 0.05) is 18.3 Å². The second kappa shape index (κ2) is 15.3. The van der Waals surface area contributed by atoms with Crippen LogP contribution in [-0.4, -0.2) is 72.6 Å². The summed E-state index contributed by atoms with van der Waals surface area (Å²) in [4.78, 5) is 54.9. The quantitative estimate of drug-likeness (QED) is 0.194. The maximum Gasteiger partial charge on any atom is 0.411 e. The number of nitrogens with one attached hydrogen (secondary N) is 1. The Bertz CT molecular complexity index is 1050. The van der Waals surface area contributed by atoms with Crippen molar-refractivity contribution in [2.24, 2.45) is 10.9 Å². The van der Waals surface area contributed by atoms with E-state index in [0.717, 1.165) is 18.4 Å². The lowest BCUT2D eigenvalue weighted by Crippen LogP contribution is -2.49. The number of rotatable bonds is 11. The number of carboxylic acids is 1. The molecule has 0 aromatic heterocycles. The van der Waals surface area contributed by atoms with Gasteiger partial charge in [0.2, 0.25) is 0 Å². The van der Waals surface area contributed by atoms with Crippen molar-refractivity contribution in [2.75, 3.05) is 20.4 Å². The molecule has 1 aliphatic heterocycles. The average Bonchev–Trinajstić information content (AvgIpc) is 2.91. The van der Waals surface area contributed by atoms with Gasteiger partial charge in [-0.15, -0.1) is 0 Å². The van der Waals surface area contributed by atoms with Crippen LogP contribution in [0.5, 0.6) is 0 Å². The molecule has 1 aliphatic rings. The van der Waals surface area contributed by atoms with Gasteiger partial charge in [0.1, 0.15) is 12.0 Å². The highest BCUT2D eigenvalue weighted by Crippen LogP contribution is 2.32. The van der Waals surface area contributed by atoms with E-state index in [4.69, 9.17) is 9.47 Å². The van der Waals surface area contributed by atoms with Crippen molar-refractivity contribution in [3.05, 3.63) is 59.7 Å². The predicted octanol–water partition coefficient (Wildman–Crippen LogP) is 3.69. The number of hydrogen-bond donors (Lipinski definition) is 2. The molecule has 1 saturated heterocycles. The van der Waals surface area contributed by atoms with Gasteiger partial charge in [0.15, 0.2) is 6.73 Å². The standard InChI is InChI=1S/C28H37N3O7/c1-5-20(25(32)30-24(19(2)3)26(33)34)14-11-16-29-18-38-28(36)31-17-10-9-15-22(31)23(27(35)37-4)21-12-7-6-8-13-21/h5-8,11-14,16,19,22-24H,9-10,15,17-18H2,1-4H3,(H,30,32)(H,33,34)/b14-11-,20-5+,29-16?. The zero-order valence-corrected chi connectivity index (χ0v) is 22.3. The van der Waals surface area contributed by atoms with Crippen molar-refractivity contribution in [3.8, 4) is 0 Å². The topological polar surface area (TPSA) is 135 Å². The van der Waals surface area contributed by atoms with Crippen LogP contribution in [0.4, 0.5) is 4.79 Å². The lowest BCUT2D eigenvalue weighted by atomic mass is 9.85. The van der Waals surface area contributed by atoms with E-state index in [1.165, 1.54) is 25.5 Å². The molecule has 2 N–H and O–H groups in total. The van der Waals surface area contributed by atoms with Crippen LogP contribution in [0.3, 0.4) is 0 Å². The third kappa shape index (κ3) is 8.57. The number of amides is 2. The number of allylic oxidation sites excluding steroid dienone is 2. The number of nitrogens with zero attached hydrogens (tertiary/aromatic N) is 2. The molecule has 1 aromatic carbocycles. The number of carboxylic acid groups (broad SMARTS) is 1. The van der Waals surface area contributed by atoms with Crippen LogP contribution in [0.25, 0.3) is 0 Å². The number of carbonyl (C=O) groups excluding carboxylic acids is 3. The molecular formula is C28H37N3O7. The first-order valence-electron chi connectivity index (χ1n) is 12.6. The highest BCUT2D eigenvalue weighted by atomic mass is 16.6. The van der Waals surface area contributed by atoms with E-state index < -0.39 is 41.9 Å². The maximum absolute atomic E-state index is 12.9. The summed E-state index contributed by atoms with van der Waals surface area (Å²) in [7, 11) is 1.34.